The third kappa shape index (κ3) is 3.90. The number of fused-ring (bicyclic) bond motifs is 1. The summed E-state index contributed by atoms with van der Waals surface area (Å²) in [6, 6.07) is 6.48. The maximum atomic E-state index is 12.2. The number of rotatable bonds is 5. The van der Waals surface area contributed by atoms with Gasteiger partial charge < -0.3 is 20.3 Å². The molecule has 0 unspecified atom stereocenters. The smallest absolute Gasteiger partial charge is 0.315 e. The molecule has 2 aliphatic rings. The van der Waals surface area contributed by atoms with E-state index in [-0.39, 0.29) is 11.6 Å². The number of hydrogen-bond donors (Lipinski definition) is 2. The van der Waals surface area contributed by atoms with E-state index < -0.39 is 0 Å². The molecule has 0 saturated carbocycles. The maximum absolute atomic E-state index is 12.2. The third-order valence-electron chi connectivity index (χ3n) is 5.57. The number of hydrogen-bond acceptors (Lipinski definition) is 3. The summed E-state index contributed by atoms with van der Waals surface area (Å²) < 4.78 is 5.47. The largest absolute Gasteiger partial charge is 0.381 e. The van der Waals surface area contributed by atoms with Gasteiger partial charge >= 0.3 is 6.03 Å². The van der Waals surface area contributed by atoms with Gasteiger partial charge in [0, 0.05) is 31.8 Å². The summed E-state index contributed by atoms with van der Waals surface area (Å²) >= 11 is 0. The van der Waals surface area contributed by atoms with Crippen molar-refractivity contribution in [2.45, 2.75) is 44.2 Å². The second kappa shape index (κ2) is 7.53. The van der Waals surface area contributed by atoms with Gasteiger partial charge in [-0.15, -0.1) is 0 Å². The predicted octanol–water partition coefficient (Wildman–Crippen LogP) is 2.09. The van der Waals surface area contributed by atoms with E-state index in [9.17, 15) is 4.79 Å². The molecule has 0 spiro atoms. The molecule has 0 bridgehead atoms. The zero-order valence-corrected chi connectivity index (χ0v) is 14.9. The quantitative estimate of drug-likeness (QED) is 0.869. The average molecular weight is 331 g/mol. The first-order chi connectivity index (χ1) is 11.6. The minimum Gasteiger partial charge on any atom is -0.381 e. The van der Waals surface area contributed by atoms with E-state index in [1.807, 2.05) is 0 Å². The number of amides is 2. The Kier molecular flexibility index (Phi) is 5.41. The molecule has 24 heavy (non-hydrogen) atoms. The number of nitrogens with one attached hydrogen (secondary N) is 2. The molecule has 1 aliphatic heterocycles. The van der Waals surface area contributed by atoms with E-state index in [4.69, 9.17) is 4.74 Å². The first kappa shape index (κ1) is 17.2. The van der Waals surface area contributed by atoms with Gasteiger partial charge in [0.25, 0.3) is 0 Å². The first-order valence-corrected chi connectivity index (χ1v) is 8.97. The van der Waals surface area contributed by atoms with E-state index in [0.29, 0.717) is 13.1 Å². The van der Waals surface area contributed by atoms with Crippen molar-refractivity contribution >= 4 is 6.03 Å². The normalized spacial score (nSPS) is 19.1. The SMILES string of the molecule is CN(C)C1(CNC(=O)NCc2ccc3c(c2)CCC3)CCOCC1. The first-order valence-electron chi connectivity index (χ1n) is 8.97. The van der Waals surface area contributed by atoms with Gasteiger partial charge in [-0.2, -0.15) is 0 Å². The summed E-state index contributed by atoms with van der Waals surface area (Å²) in [5.41, 5.74) is 4.10. The van der Waals surface area contributed by atoms with Crippen molar-refractivity contribution in [3.63, 3.8) is 0 Å². The fourth-order valence-electron chi connectivity index (χ4n) is 3.76. The van der Waals surface area contributed by atoms with E-state index in [2.05, 4.69) is 47.8 Å². The van der Waals surface area contributed by atoms with Crippen LogP contribution in [0.1, 0.15) is 36.0 Å². The van der Waals surface area contributed by atoms with Gasteiger partial charge in [-0.25, -0.2) is 4.79 Å². The monoisotopic (exact) mass is 331 g/mol. The number of nitrogens with zero attached hydrogens (tertiary/aromatic N) is 1. The zero-order chi connectivity index (χ0) is 17.0. The van der Waals surface area contributed by atoms with Crippen LogP contribution in [0, 0.1) is 0 Å². The second-order valence-electron chi connectivity index (χ2n) is 7.22. The molecule has 1 aliphatic carbocycles. The molecule has 1 heterocycles. The molecule has 1 fully saturated rings. The van der Waals surface area contributed by atoms with Crippen molar-refractivity contribution in [2.75, 3.05) is 33.9 Å². The average Bonchev–Trinajstić information content (AvgIpc) is 3.06. The Morgan fingerprint density at radius 2 is 1.92 bits per heavy atom. The lowest BCUT2D eigenvalue weighted by molar-refractivity contribution is -0.00571. The van der Waals surface area contributed by atoms with Crippen LogP contribution >= 0.6 is 0 Å². The predicted molar refractivity (Wildman–Crippen MR) is 95.2 cm³/mol. The van der Waals surface area contributed by atoms with Crippen molar-refractivity contribution < 1.29 is 9.53 Å². The van der Waals surface area contributed by atoms with Crippen LogP contribution in [0.4, 0.5) is 4.79 Å². The second-order valence-corrected chi connectivity index (χ2v) is 7.22. The molecule has 2 amide bonds. The molecule has 0 radical (unpaired) electrons. The Balaban J connectivity index is 1.48. The minimum atomic E-state index is -0.0942. The Morgan fingerprint density at radius 3 is 2.67 bits per heavy atom. The number of aryl methyl sites for hydroxylation is 2. The topological polar surface area (TPSA) is 53.6 Å². The zero-order valence-electron chi connectivity index (χ0n) is 14.9. The standard InChI is InChI=1S/C19H29N3O2/c1-22(2)19(8-10-24-11-9-19)14-21-18(23)20-13-15-6-7-16-4-3-5-17(16)12-15/h6-7,12H,3-5,8-11,13-14H2,1-2H3,(H2,20,21,23). The minimum absolute atomic E-state index is 0.00313. The summed E-state index contributed by atoms with van der Waals surface area (Å²) in [5, 5.41) is 6.04. The lowest BCUT2D eigenvalue weighted by Gasteiger charge is -2.42. The Bertz CT molecular complexity index is 580. The number of benzene rings is 1. The van der Waals surface area contributed by atoms with Crippen molar-refractivity contribution in [3.05, 3.63) is 34.9 Å². The van der Waals surface area contributed by atoms with E-state index in [1.165, 1.54) is 36.0 Å². The summed E-state index contributed by atoms with van der Waals surface area (Å²) in [6.45, 7) is 2.75. The highest BCUT2D eigenvalue weighted by Gasteiger charge is 2.35. The number of carbonyl (C=O) groups excluding carboxylic acids is 1. The molecule has 5 nitrogen and oxygen atoms in total. The summed E-state index contributed by atoms with van der Waals surface area (Å²) in [6.07, 6.45) is 5.52. The third-order valence-corrected chi connectivity index (χ3v) is 5.57. The van der Waals surface area contributed by atoms with Gasteiger partial charge in [-0.1, -0.05) is 18.2 Å². The molecule has 3 rings (SSSR count). The highest BCUT2D eigenvalue weighted by molar-refractivity contribution is 5.73. The van der Waals surface area contributed by atoms with Crippen LogP contribution in [0.2, 0.25) is 0 Å². The molecule has 0 atom stereocenters. The van der Waals surface area contributed by atoms with E-state index >= 15 is 0 Å². The molecule has 1 aromatic rings. The molecule has 5 heteroatoms. The summed E-state index contributed by atoms with van der Waals surface area (Å²) in [7, 11) is 4.16. The Hall–Kier alpha value is -1.59. The number of urea groups is 1. The van der Waals surface area contributed by atoms with Crippen LogP contribution in [0.3, 0.4) is 0 Å². The van der Waals surface area contributed by atoms with Crippen LogP contribution in [-0.2, 0) is 24.1 Å². The highest BCUT2D eigenvalue weighted by Crippen LogP contribution is 2.25. The fourth-order valence-corrected chi connectivity index (χ4v) is 3.76. The van der Waals surface area contributed by atoms with E-state index in [1.54, 1.807) is 0 Å². The highest BCUT2D eigenvalue weighted by atomic mass is 16.5. The molecule has 1 aromatic carbocycles. The molecule has 1 saturated heterocycles. The lowest BCUT2D eigenvalue weighted by atomic mass is 9.88. The fraction of sp³-hybridized carbons (Fsp3) is 0.632. The van der Waals surface area contributed by atoms with Crippen LogP contribution in [0.25, 0.3) is 0 Å². The van der Waals surface area contributed by atoms with Gasteiger partial charge in [0.15, 0.2) is 0 Å². The van der Waals surface area contributed by atoms with Gasteiger partial charge in [-0.05, 0) is 62.9 Å². The van der Waals surface area contributed by atoms with Crippen LogP contribution in [0.5, 0.6) is 0 Å². The maximum Gasteiger partial charge on any atom is 0.315 e. The van der Waals surface area contributed by atoms with Gasteiger partial charge in [0.05, 0.1) is 0 Å². The van der Waals surface area contributed by atoms with Gasteiger partial charge in [0.2, 0.25) is 0 Å². The molecular weight excluding hydrogens is 302 g/mol. The lowest BCUT2D eigenvalue weighted by Crippen LogP contribution is -2.56. The number of ether oxygens (including phenoxy) is 1. The molecule has 0 aromatic heterocycles. The van der Waals surface area contributed by atoms with Crippen LogP contribution in [0.15, 0.2) is 18.2 Å². The van der Waals surface area contributed by atoms with Crippen molar-refractivity contribution in [2.24, 2.45) is 0 Å². The Morgan fingerprint density at radius 1 is 1.17 bits per heavy atom. The van der Waals surface area contributed by atoms with Crippen molar-refractivity contribution in [1.29, 1.82) is 0 Å². The van der Waals surface area contributed by atoms with Gasteiger partial charge in [-0.3, -0.25) is 0 Å². The molecule has 2 N–H and O–H groups in total. The van der Waals surface area contributed by atoms with E-state index in [0.717, 1.165) is 26.1 Å². The summed E-state index contributed by atoms with van der Waals surface area (Å²) in [4.78, 5) is 14.4. The van der Waals surface area contributed by atoms with Gasteiger partial charge in [0.1, 0.15) is 0 Å². The number of carbonyl (C=O) groups is 1. The van der Waals surface area contributed by atoms with Crippen LogP contribution in [-0.4, -0.2) is 50.3 Å². The van der Waals surface area contributed by atoms with Crippen molar-refractivity contribution in [3.8, 4) is 0 Å². The Labute approximate surface area is 144 Å². The number of likely N-dealkylation sites (N-methyl/N-ethyl adjacent to an activating group) is 1. The molecule has 132 valence electrons. The van der Waals surface area contributed by atoms with Crippen molar-refractivity contribution in [1.82, 2.24) is 15.5 Å². The molecular formula is C19H29N3O2. The van der Waals surface area contributed by atoms with Crippen LogP contribution < -0.4 is 10.6 Å². The summed E-state index contributed by atoms with van der Waals surface area (Å²) in [5.74, 6) is 0.